The van der Waals surface area contributed by atoms with Crippen molar-refractivity contribution < 1.29 is 4.79 Å². The molecule has 0 saturated carbocycles. The molecule has 0 aliphatic rings. The quantitative estimate of drug-likeness (QED) is 0.749. The Hall–Kier alpha value is -2.56. The number of pyridine rings is 1. The summed E-state index contributed by atoms with van der Waals surface area (Å²) in [5.41, 5.74) is 1.70. The summed E-state index contributed by atoms with van der Waals surface area (Å²) in [4.78, 5) is 16.1. The van der Waals surface area contributed by atoms with E-state index >= 15 is 0 Å². The predicted octanol–water partition coefficient (Wildman–Crippen LogP) is 4.18. The van der Waals surface area contributed by atoms with Gasteiger partial charge in [-0.1, -0.05) is 32.0 Å². The van der Waals surface area contributed by atoms with Gasteiger partial charge < -0.3 is 10.6 Å². The number of rotatable bonds is 6. The predicted molar refractivity (Wildman–Crippen MR) is 91.3 cm³/mol. The van der Waals surface area contributed by atoms with Gasteiger partial charge in [0.05, 0.1) is 11.9 Å². The van der Waals surface area contributed by atoms with Crippen LogP contribution in [0.2, 0.25) is 0 Å². The van der Waals surface area contributed by atoms with E-state index in [0.29, 0.717) is 11.7 Å². The molecule has 1 aromatic heterocycles. The molecule has 0 aliphatic heterocycles. The fourth-order valence-corrected chi connectivity index (χ4v) is 1.88. The van der Waals surface area contributed by atoms with Crippen LogP contribution in [0.25, 0.3) is 0 Å². The monoisotopic (exact) mass is 298 g/mol. The van der Waals surface area contributed by atoms with Crippen LogP contribution in [0.1, 0.15) is 20.3 Å². The average Bonchev–Trinajstić information content (AvgIpc) is 2.49. The van der Waals surface area contributed by atoms with Crippen molar-refractivity contribution in [1.29, 1.82) is 0 Å². The Bertz CT molecular complexity index is 581. The largest absolute Gasteiger partial charge is 0.384 e. The van der Waals surface area contributed by atoms with Gasteiger partial charge in [-0.3, -0.25) is 5.32 Å². The molecule has 0 atom stereocenters. The molecule has 3 N–H and O–H groups in total. The highest BCUT2D eigenvalue weighted by Gasteiger charge is 2.03. The van der Waals surface area contributed by atoms with Crippen molar-refractivity contribution in [3.63, 3.8) is 0 Å². The first-order valence-corrected chi connectivity index (χ1v) is 7.46. The van der Waals surface area contributed by atoms with Gasteiger partial charge in [0.25, 0.3) is 0 Å². The normalized spacial score (nSPS) is 10.3. The number of hydrogen-bond donors (Lipinski definition) is 3. The van der Waals surface area contributed by atoms with E-state index in [1.54, 1.807) is 12.3 Å². The Morgan fingerprint density at radius 3 is 2.45 bits per heavy atom. The first kappa shape index (κ1) is 15.8. The van der Waals surface area contributed by atoms with Crippen molar-refractivity contribution in [2.75, 3.05) is 22.5 Å². The minimum atomic E-state index is -0.306. The van der Waals surface area contributed by atoms with Gasteiger partial charge in [0.2, 0.25) is 0 Å². The lowest BCUT2D eigenvalue weighted by Gasteiger charge is -2.09. The topological polar surface area (TPSA) is 66.0 Å². The summed E-state index contributed by atoms with van der Waals surface area (Å²) in [6, 6.07) is 12.7. The summed E-state index contributed by atoms with van der Waals surface area (Å²) < 4.78 is 0. The molecule has 0 aliphatic carbocycles. The third kappa shape index (κ3) is 5.44. The first-order valence-electron chi connectivity index (χ1n) is 7.46. The van der Waals surface area contributed by atoms with Gasteiger partial charge in [0, 0.05) is 12.2 Å². The molecule has 0 unspecified atom stereocenters. The van der Waals surface area contributed by atoms with E-state index in [9.17, 15) is 4.79 Å². The number of carbonyl (C=O) groups is 1. The van der Waals surface area contributed by atoms with E-state index < -0.39 is 0 Å². The van der Waals surface area contributed by atoms with Crippen molar-refractivity contribution in [3.8, 4) is 0 Å². The van der Waals surface area contributed by atoms with Gasteiger partial charge >= 0.3 is 6.03 Å². The number of nitrogens with one attached hydrogen (secondary N) is 3. The van der Waals surface area contributed by atoms with E-state index in [0.717, 1.165) is 24.3 Å². The highest BCUT2D eigenvalue weighted by Crippen LogP contribution is 2.11. The summed E-state index contributed by atoms with van der Waals surface area (Å²) in [6.45, 7) is 5.30. The lowest BCUT2D eigenvalue weighted by atomic mass is 10.1. The van der Waals surface area contributed by atoms with Crippen LogP contribution in [0.5, 0.6) is 0 Å². The van der Waals surface area contributed by atoms with E-state index in [-0.39, 0.29) is 6.03 Å². The zero-order valence-corrected chi connectivity index (χ0v) is 13.0. The first-order chi connectivity index (χ1) is 10.6. The van der Waals surface area contributed by atoms with Gasteiger partial charge in [-0.2, -0.15) is 0 Å². The average molecular weight is 298 g/mol. The Morgan fingerprint density at radius 2 is 1.82 bits per heavy atom. The van der Waals surface area contributed by atoms with Crippen LogP contribution >= 0.6 is 0 Å². The molecule has 2 rings (SSSR count). The molecule has 22 heavy (non-hydrogen) atoms. The SMILES string of the molecule is CC(C)CCNc1ccc(NC(=O)Nc2ccccc2)nc1. The number of para-hydroxylation sites is 1. The summed E-state index contributed by atoms with van der Waals surface area (Å²) in [7, 11) is 0. The fraction of sp³-hybridized carbons (Fsp3) is 0.294. The number of hydrogen-bond acceptors (Lipinski definition) is 3. The van der Waals surface area contributed by atoms with Crippen LogP contribution in [-0.4, -0.2) is 17.6 Å². The molecule has 116 valence electrons. The summed E-state index contributed by atoms with van der Waals surface area (Å²) in [5.74, 6) is 1.19. The zero-order chi connectivity index (χ0) is 15.8. The van der Waals surface area contributed by atoms with E-state index in [2.05, 4.69) is 34.8 Å². The third-order valence-electron chi connectivity index (χ3n) is 3.09. The smallest absolute Gasteiger partial charge is 0.324 e. The minimum Gasteiger partial charge on any atom is -0.384 e. The molecule has 2 aromatic rings. The van der Waals surface area contributed by atoms with Crippen molar-refractivity contribution in [2.45, 2.75) is 20.3 Å². The Morgan fingerprint density at radius 1 is 1.05 bits per heavy atom. The summed E-state index contributed by atoms with van der Waals surface area (Å²) >= 11 is 0. The van der Waals surface area contributed by atoms with Crippen molar-refractivity contribution >= 4 is 23.2 Å². The maximum Gasteiger partial charge on any atom is 0.324 e. The number of nitrogens with zero attached hydrogens (tertiary/aromatic N) is 1. The van der Waals surface area contributed by atoms with Crippen LogP contribution in [0.4, 0.5) is 22.0 Å². The standard InChI is InChI=1S/C17H22N4O/c1-13(2)10-11-18-15-8-9-16(19-12-15)21-17(22)20-14-6-4-3-5-7-14/h3-9,12-13,18H,10-11H2,1-2H3,(H2,19,20,21,22). The van der Waals surface area contributed by atoms with Crippen LogP contribution in [0.3, 0.4) is 0 Å². The molecule has 1 heterocycles. The molecule has 5 nitrogen and oxygen atoms in total. The second-order valence-electron chi connectivity index (χ2n) is 5.49. The van der Waals surface area contributed by atoms with Gasteiger partial charge in [0.15, 0.2) is 0 Å². The fourth-order valence-electron chi connectivity index (χ4n) is 1.88. The molecule has 5 heteroatoms. The zero-order valence-electron chi connectivity index (χ0n) is 13.0. The number of aromatic nitrogens is 1. The van der Waals surface area contributed by atoms with Crippen LogP contribution in [-0.2, 0) is 0 Å². The second-order valence-corrected chi connectivity index (χ2v) is 5.49. The maximum atomic E-state index is 11.8. The highest BCUT2D eigenvalue weighted by molar-refractivity contribution is 5.99. The van der Waals surface area contributed by atoms with Gasteiger partial charge in [0.1, 0.15) is 5.82 Å². The molecular weight excluding hydrogens is 276 g/mol. The van der Waals surface area contributed by atoms with Gasteiger partial charge in [-0.25, -0.2) is 9.78 Å². The Kier molecular flexibility index (Phi) is 5.77. The van der Waals surface area contributed by atoms with Crippen LogP contribution < -0.4 is 16.0 Å². The number of benzene rings is 1. The van der Waals surface area contributed by atoms with Crippen LogP contribution in [0.15, 0.2) is 48.7 Å². The van der Waals surface area contributed by atoms with E-state index in [1.807, 2.05) is 36.4 Å². The van der Waals surface area contributed by atoms with E-state index in [4.69, 9.17) is 0 Å². The number of urea groups is 1. The molecule has 2 amide bonds. The minimum absolute atomic E-state index is 0.306. The Balaban J connectivity index is 1.82. The highest BCUT2D eigenvalue weighted by atomic mass is 16.2. The maximum absolute atomic E-state index is 11.8. The van der Waals surface area contributed by atoms with E-state index in [1.165, 1.54) is 0 Å². The van der Waals surface area contributed by atoms with Crippen LogP contribution in [0, 0.1) is 5.92 Å². The molecule has 0 bridgehead atoms. The molecule has 0 fully saturated rings. The van der Waals surface area contributed by atoms with Crippen molar-refractivity contribution in [3.05, 3.63) is 48.7 Å². The lowest BCUT2D eigenvalue weighted by molar-refractivity contribution is 0.262. The number of carbonyl (C=O) groups excluding carboxylic acids is 1. The van der Waals surface area contributed by atoms with Gasteiger partial charge in [-0.05, 0) is 36.6 Å². The summed E-state index contributed by atoms with van der Waals surface area (Å²) in [5, 5.41) is 8.75. The summed E-state index contributed by atoms with van der Waals surface area (Å²) in [6.07, 6.45) is 2.83. The molecule has 1 aromatic carbocycles. The van der Waals surface area contributed by atoms with Gasteiger partial charge in [-0.15, -0.1) is 0 Å². The van der Waals surface area contributed by atoms with Crippen molar-refractivity contribution in [1.82, 2.24) is 4.98 Å². The lowest BCUT2D eigenvalue weighted by Crippen LogP contribution is -2.20. The third-order valence-corrected chi connectivity index (χ3v) is 3.09. The number of anilines is 3. The molecule has 0 saturated heterocycles. The number of amides is 2. The Labute approximate surface area is 131 Å². The molecular formula is C17H22N4O. The molecule has 0 radical (unpaired) electrons. The second kappa shape index (κ2) is 8.02. The van der Waals surface area contributed by atoms with Crippen molar-refractivity contribution in [2.24, 2.45) is 5.92 Å². The molecule has 0 spiro atoms.